The van der Waals surface area contributed by atoms with Crippen LogP contribution in [0, 0.1) is 25.2 Å². The van der Waals surface area contributed by atoms with Crippen molar-refractivity contribution in [3.63, 3.8) is 0 Å². The van der Waals surface area contributed by atoms with Crippen LogP contribution in [-0.4, -0.2) is 17.6 Å². The van der Waals surface area contributed by atoms with E-state index in [1.54, 1.807) is 11.3 Å². The minimum absolute atomic E-state index is 0.0000926. The summed E-state index contributed by atoms with van der Waals surface area (Å²) in [5.41, 5.74) is 2.74. The fraction of sp³-hybridized carbons (Fsp3) is 0.333. The van der Waals surface area contributed by atoms with Crippen LogP contribution in [0.2, 0.25) is 0 Å². The van der Waals surface area contributed by atoms with Gasteiger partial charge in [0.25, 0.3) is 0 Å². The zero-order chi connectivity index (χ0) is 17.0. The SMILES string of the molecule is Cc1sc(N(CCC(=O)O)C(C)c2ccccc2)c(C#N)c1C. The summed E-state index contributed by atoms with van der Waals surface area (Å²) in [5, 5.41) is 19.4. The van der Waals surface area contributed by atoms with Crippen LogP contribution in [0.15, 0.2) is 30.3 Å². The Labute approximate surface area is 140 Å². The van der Waals surface area contributed by atoms with Gasteiger partial charge in [0.05, 0.1) is 18.0 Å². The second-order valence-corrected chi connectivity index (χ2v) is 6.70. The molecule has 0 aliphatic heterocycles. The van der Waals surface area contributed by atoms with E-state index in [0.717, 1.165) is 21.0 Å². The maximum Gasteiger partial charge on any atom is 0.305 e. The first-order valence-electron chi connectivity index (χ1n) is 7.49. The highest BCUT2D eigenvalue weighted by atomic mass is 32.1. The molecule has 2 aromatic rings. The van der Waals surface area contributed by atoms with Crippen LogP contribution in [0.3, 0.4) is 0 Å². The number of carbonyl (C=O) groups is 1. The monoisotopic (exact) mass is 328 g/mol. The van der Waals surface area contributed by atoms with E-state index in [9.17, 15) is 10.1 Å². The standard InChI is InChI=1S/C18H20N2O2S/c1-12-14(3)23-18(16(12)11-19)20(10-9-17(21)22)13(2)15-7-5-4-6-8-15/h4-8,13H,9-10H2,1-3H3,(H,21,22). The predicted molar refractivity (Wildman–Crippen MR) is 93.0 cm³/mol. The van der Waals surface area contributed by atoms with Gasteiger partial charge in [0.15, 0.2) is 0 Å². The van der Waals surface area contributed by atoms with Crippen molar-refractivity contribution >= 4 is 22.3 Å². The Morgan fingerprint density at radius 1 is 1.35 bits per heavy atom. The quantitative estimate of drug-likeness (QED) is 0.859. The number of anilines is 1. The first-order chi connectivity index (χ1) is 11.0. The van der Waals surface area contributed by atoms with Gasteiger partial charge in [-0.3, -0.25) is 4.79 Å². The Balaban J connectivity index is 2.44. The summed E-state index contributed by atoms with van der Waals surface area (Å²) in [6, 6.07) is 12.2. The van der Waals surface area contributed by atoms with Gasteiger partial charge >= 0.3 is 5.97 Å². The number of carboxylic acid groups (broad SMARTS) is 1. The molecule has 0 radical (unpaired) electrons. The van der Waals surface area contributed by atoms with Crippen LogP contribution in [0.25, 0.3) is 0 Å². The van der Waals surface area contributed by atoms with E-state index in [4.69, 9.17) is 5.11 Å². The molecule has 1 unspecified atom stereocenters. The summed E-state index contributed by atoms with van der Waals surface area (Å²) in [5.74, 6) is -0.834. The Kier molecular flexibility index (Phi) is 5.41. The summed E-state index contributed by atoms with van der Waals surface area (Å²) in [7, 11) is 0. The van der Waals surface area contributed by atoms with Gasteiger partial charge in [-0.1, -0.05) is 30.3 Å². The molecule has 120 valence electrons. The van der Waals surface area contributed by atoms with Crippen LogP contribution >= 0.6 is 11.3 Å². The maximum absolute atomic E-state index is 11.0. The molecule has 0 spiro atoms. The van der Waals surface area contributed by atoms with E-state index in [2.05, 4.69) is 6.07 Å². The summed E-state index contributed by atoms with van der Waals surface area (Å²) >= 11 is 1.56. The first kappa shape index (κ1) is 17.0. The molecule has 0 bridgehead atoms. The molecule has 0 aliphatic carbocycles. The second-order valence-electron chi connectivity index (χ2n) is 5.50. The number of nitrogens with zero attached hydrogens (tertiary/aromatic N) is 2. The molecule has 0 amide bonds. The van der Waals surface area contributed by atoms with Crippen molar-refractivity contribution in [2.75, 3.05) is 11.4 Å². The van der Waals surface area contributed by atoms with Crippen molar-refractivity contribution < 1.29 is 9.90 Å². The van der Waals surface area contributed by atoms with Crippen molar-refractivity contribution in [2.24, 2.45) is 0 Å². The highest BCUT2D eigenvalue weighted by Crippen LogP contribution is 2.39. The van der Waals surface area contributed by atoms with E-state index >= 15 is 0 Å². The van der Waals surface area contributed by atoms with Gasteiger partial charge in [-0.15, -0.1) is 11.3 Å². The molecule has 0 aliphatic rings. The number of hydrogen-bond acceptors (Lipinski definition) is 4. The minimum Gasteiger partial charge on any atom is -0.481 e. The summed E-state index contributed by atoms with van der Waals surface area (Å²) in [6.07, 6.45) is 0.0397. The third-order valence-electron chi connectivity index (χ3n) is 4.06. The van der Waals surface area contributed by atoms with E-state index in [0.29, 0.717) is 12.1 Å². The average molecular weight is 328 g/mol. The summed E-state index contributed by atoms with van der Waals surface area (Å²) in [6.45, 7) is 6.35. The molecule has 1 atom stereocenters. The van der Waals surface area contributed by atoms with Gasteiger partial charge in [0.2, 0.25) is 0 Å². The number of aryl methyl sites for hydroxylation is 1. The van der Waals surface area contributed by atoms with Crippen LogP contribution in [0.4, 0.5) is 5.00 Å². The lowest BCUT2D eigenvalue weighted by Gasteiger charge is -2.30. The van der Waals surface area contributed by atoms with Gasteiger partial charge in [-0.05, 0) is 31.9 Å². The molecule has 0 fully saturated rings. The number of aliphatic carboxylic acids is 1. The molecule has 4 nitrogen and oxygen atoms in total. The van der Waals surface area contributed by atoms with Gasteiger partial charge in [-0.2, -0.15) is 5.26 Å². The Bertz CT molecular complexity index is 731. The van der Waals surface area contributed by atoms with E-state index < -0.39 is 5.97 Å². The van der Waals surface area contributed by atoms with Gasteiger partial charge in [0.1, 0.15) is 11.1 Å². The Morgan fingerprint density at radius 2 is 2.00 bits per heavy atom. The third-order valence-corrected chi connectivity index (χ3v) is 5.30. The average Bonchev–Trinajstić information content (AvgIpc) is 2.82. The summed E-state index contributed by atoms with van der Waals surface area (Å²) < 4.78 is 0. The van der Waals surface area contributed by atoms with Crippen LogP contribution < -0.4 is 4.90 Å². The van der Waals surface area contributed by atoms with Gasteiger partial charge < -0.3 is 10.0 Å². The highest BCUT2D eigenvalue weighted by Gasteiger charge is 2.23. The minimum atomic E-state index is -0.834. The zero-order valence-electron chi connectivity index (χ0n) is 13.5. The topological polar surface area (TPSA) is 64.3 Å². The molecular formula is C18H20N2O2S. The lowest BCUT2D eigenvalue weighted by Crippen LogP contribution is -2.29. The van der Waals surface area contributed by atoms with Gasteiger partial charge in [0, 0.05) is 11.4 Å². The zero-order valence-corrected chi connectivity index (χ0v) is 14.4. The fourth-order valence-corrected chi connectivity index (χ4v) is 3.75. The first-order valence-corrected chi connectivity index (χ1v) is 8.30. The lowest BCUT2D eigenvalue weighted by molar-refractivity contribution is -0.136. The fourth-order valence-electron chi connectivity index (χ4n) is 2.54. The van der Waals surface area contributed by atoms with Crippen molar-refractivity contribution in [3.8, 4) is 6.07 Å². The number of carboxylic acids is 1. The van der Waals surface area contributed by atoms with Crippen molar-refractivity contribution in [1.29, 1.82) is 5.26 Å². The molecule has 5 heteroatoms. The molecule has 1 aromatic carbocycles. The molecule has 0 saturated heterocycles. The smallest absolute Gasteiger partial charge is 0.305 e. The normalized spacial score (nSPS) is 11.7. The van der Waals surface area contributed by atoms with Crippen LogP contribution in [0.1, 0.15) is 41.0 Å². The Hall–Kier alpha value is -2.32. The lowest BCUT2D eigenvalue weighted by atomic mass is 10.1. The van der Waals surface area contributed by atoms with Crippen LogP contribution in [0.5, 0.6) is 0 Å². The molecule has 1 heterocycles. The number of nitriles is 1. The highest BCUT2D eigenvalue weighted by molar-refractivity contribution is 7.16. The number of thiophene rings is 1. The van der Waals surface area contributed by atoms with Crippen LogP contribution in [-0.2, 0) is 4.79 Å². The summed E-state index contributed by atoms with van der Waals surface area (Å²) in [4.78, 5) is 14.2. The predicted octanol–water partition coefficient (Wildman–Crippen LogP) is 4.28. The molecule has 1 N–H and O–H groups in total. The second kappa shape index (κ2) is 7.30. The maximum atomic E-state index is 11.0. The molecule has 0 saturated carbocycles. The van der Waals surface area contributed by atoms with E-state index in [-0.39, 0.29) is 12.5 Å². The van der Waals surface area contributed by atoms with E-state index in [1.165, 1.54) is 0 Å². The third kappa shape index (κ3) is 3.72. The largest absolute Gasteiger partial charge is 0.481 e. The van der Waals surface area contributed by atoms with Crippen molar-refractivity contribution in [2.45, 2.75) is 33.2 Å². The number of rotatable bonds is 6. The molecule has 1 aromatic heterocycles. The Morgan fingerprint density at radius 3 is 2.57 bits per heavy atom. The number of benzene rings is 1. The van der Waals surface area contributed by atoms with Gasteiger partial charge in [-0.25, -0.2) is 0 Å². The van der Waals surface area contributed by atoms with Crippen molar-refractivity contribution in [3.05, 3.63) is 51.9 Å². The van der Waals surface area contributed by atoms with E-state index in [1.807, 2.05) is 56.0 Å². The van der Waals surface area contributed by atoms with Crippen molar-refractivity contribution in [1.82, 2.24) is 0 Å². The molecule has 23 heavy (non-hydrogen) atoms. The molecular weight excluding hydrogens is 308 g/mol. The number of hydrogen-bond donors (Lipinski definition) is 1. The molecule has 2 rings (SSSR count).